The molecule has 138 valence electrons. The number of nitriles is 1. The molecule has 6 heteroatoms. The van der Waals surface area contributed by atoms with Gasteiger partial charge < -0.3 is 19.5 Å². The van der Waals surface area contributed by atoms with Crippen LogP contribution >= 0.6 is 0 Å². The zero-order valence-electron chi connectivity index (χ0n) is 15.0. The van der Waals surface area contributed by atoms with Gasteiger partial charge >= 0.3 is 0 Å². The lowest BCUT2D eigenvalue weighted by atomic mass is 10.1. The summed E-state index contributed by atoms with van der Waals surface area (Å²) in [6.07, 6.45) is 2.39. The van der Waals surface area contributed by atoms with Gasteiger partial charge in [0.05, 0.1) is 6.61 Å². The molecule has 2 aromatic carbocycles. The van der Waals surface area contributed by atoms with Crippen LogP contribution in [0.5, 0.6) is 17.2 Å². The second-order valence-corrected chi connectivity index (χ2v) is 5.87. The fraction of sp³-hybridized carbons (Fsp3) is 0.238. The van der Waals surface area contributed by atoms with Crippen molar-refractivity contribution in [1.29, 1.82) is 5.26 Å². The molecule has 0 radical (unpaired) electrons. The Morgan fingerprint density at radius 3 is 2.78 bits per heavy atom. The fourth-order valence-electron chi connectivity index (χ4n) is 2.57. The Kier molecular flexibility index (Phi) is 5.95. The number of amides is 1. The molecule has 1 aliphatic rings. The van der Waals surface area contributed by atoms with Gasteiger partial charge in [-0.15, -0.1) is 0 Å². The van der Waals surface area contributed by atoms with E-state index in [0.29, 0.717) is 48.3 Å². The summed E-state index contributed by atoms with van der Waals surface area (Å²) < 4.78 is 16.6. The average molecular weight is 364 g/mol. The van der Waals surface area contributed by atoms with Crippen molar-refractivity contribution in [1.82, 2.24) is 0 Å². The van der Waals surface area contributed by atoms with Crippen LogP contribution in [0.25, 0.3) is 6.08 Å². The van der Waals surface area contributed by atoms with E-state index in [1.54, 1.807) is 24.3 Å². The molecule has 1 aliphatic heterocycles. The number of fused-ring (bicyclic) bond motifs is 1. The lowest BCUT2D eigenvalue weighted by Gasteiger charge is -2.19. The molecule has 27 heavy (non-hydrogen) atoms. The first-order chi connectivity index (χ1) is 13.2. The van der Waals surface area contributed by atoms with Crippen LogP contribution in [0.4, 0.5) is 5.69 Å². The van der Waals surface area contributed by atoms with E-state index in [2.05, 4.69) is 5.32 Å². The molecule has 0 saturated carbocycles. The van der Waals surface area contributed by atoms with Crippen LogP contribution in [0.2, 0.25) is 0 Å². The first kappa shape index (κ1) is 18.3. The largest absolute Gasteiger partial charge is 0.493 e. The zero-order valence-corrected chi connectivity index (χ0v) is 15.0. The van der Waals surface area contributed by atoms with Crippen molar-refractivity contribution in [2.45, 2.75) is 13.3 Å². The SMILES string of the molecule is CCCOc1ccccc1/C=C(\C#N)C(=O)Nc1ccc2c(c1)OCCO2. The smallest absolute Gasteiger partial charge is 0.266 e. The lowest BCUT2D eigenvalue weighted by Crippen LogP contribution is -2.17. The monoisotopic (exact) mass is 364 g/mol. The van der Waals surface area contributed by atoms with Crippen LogP contribution in [-0.2, 0) is 4.79 Å². The van der Waals surface area contributed by atoms with E-state index in [-0.39, 0.29) is 5.57 Å². The molecule has 0 aliphatic carbocycles. The molecule has 0 spiro atoms. The van der Waals surface area contributed by atoms with Crippen molar-refractivity contribution in [3.63, 3.8) is 0 Å². The van der Waals surface area contributed by atoms with Crippen molar-refractivity contribution in [3.05, 3.63) is 53.6 Å². The van der Waals surface area contributed by atoms with Crippen molar-refractivity contribution in [2.75, 3.05) is 25.1 Å². The number of hydrogen-bond acceptors (Lipinski definition) is 5. The fourth-order valence-corrected chi connectivity index (χ4v) is 2.57. The van der Waals surface area contributed by atoms with E-state index in [9.17, 15) is 10.1 Å². The molecule has 0 saturated heterocycles. The van der Waals surface area contributed by atoms with Crippen LogP contribution in [0, 0.1) is 11.3 Å². The Hall–Kier alpha value is -3.46. The third-order valence-electron chi connectivity index (χ3n) is 3.85. The number of para-hydroxylation sites is 1. The molecule has 2 aromatic rings. The highest BCUT2D eigenvalue weighted by Crippen LogP contribution is 2.32. The number of anilines is 1. The second-order valence-electron chi connectivity index (χ2n) is 5.87. The highest BCUT2D eigenvalue weighted by atomic mass is 16.6. The first-order valence-corrected chi connectivity index (χ1v) is 8.76. The molecule has 0 fully saturated rings. The normalized spacial score (nSPS) is 12.8. The molecule has 3 rings (SSSR count). The Labute approximate surface area is 158 Å². The van der Waals surface area contributed by atoms with Gasteiger partial charge in [0.2, 0.25) is 0 Å². The van der Waals surface area contributed by atoms with E-state index in [1.165, 1.54) is 6.08 Å². The van der Waals surface area contributed by atoms with E-state index < -0.39 is 5.91 Å². The molecular weight excluding hydrogens is 344 g/mol. The zero-order chi connectivity index (χ0) is 19.1. The van der Waals surface area contributed by atoms with E-state index in [1.807, 2.05) is 31.2 Å². The molecule has 1 amide bonds. The highest BCUT2D eigenvalue weighted by molar-refractivity contribution is 6.10. The van der Waals surface area contributed by atoms with Crippen LogP contribution < -0.4 is 19.5 Å². The predicted molar refractivity (Wildman–Crippen MR) is 102 cm³/mol. The van der Waals surface area contributed by atoms with E-state index in [4.69, 9.17) is 14.2 Å². The van der Waals surface area contributed by atoms with Crippen molar-refractivity contribution >= 4 is 17.7 Å². The molecule has 1 heterocycles. The maximum absolute atomic E-state index is 12.5. The maximum atomic E-state index is 12.5. The third-order valence-corrected chi connectivity index (χ3v) is 3.85. The first-order valence-electron chi connectivity index (χ1n) is 8.76. The quantitative estimate of drug-likeness (QED) is 0.623. The standard InChI is InChI=1S/C21H20N2O4/c1-2-9-25-18-6-4-3-5-15(18)12-16(14-22)21(24)23-17-7-8-19-20(13-17)27-11-10-26-19/h3-8,12-13H,2,9-11H2,1H3,(H,23,24)/b16-12+. The summed E-state index contributed by atoms with van der Waals surface area (Å²) >= 11 is 0. The van der Waals surface area contributed by atoms with Crippen LogP contribution in [0.1, 0.15) is 18.9 Å². The minimum atomic E-state index is -0.500. The number of carbonyl (C=O) groups excluding carboxylic acids is 1. The molecule has 0 atom stereocenters. The van der Waals surface area contributed by atoms with Crippen LogP contribution in [-0.4, -0.2) is 25.7 Å². The topological polar surface area (TPSA) is 80.6 Å². The molecule has 1 N–H and O–H groups in total. The molecule has 0 unspecified atom stereocenters. The van der Waals surface area contributed by atoms with Crippen molar-refractivity contribution < 1.29 is 19.0 Å². The van der Waals surface area contributed by atoms with Gasteiger partial charge in [-0.25, -0.2) is 0 Å². The number of rotatable bonds is 6. The number of nitrogens with one attached hydrogen (secondary N) is 1. The van der Waals surface area contributed by atoms with Crippen LogP contribution in [0.15, 0.2) is 48.0 Å². The van der Waals surface area contributed by atoms with Gasteiger partial charge in [-0.1, -0.05) is 25.1 Å². The van der Waals surface area contributed by atoms with Gasteiger partial charge in [-0.3, -0.25) is 4.79 Å². The molecule has 0 bridgehead atoms. The number of benzene rings is 2. The van der Waals surface area contributed by atoms with Gasteiger partial charge in [0.15, 0.2) is 11.5 Å². The van der Waals surface area contributed by atoms with E-state index >= 15 is 0 Å². The molecule has 6 nitrogen and oxygen atoms in total. The number of carbonyl (C=O) groups is 1. The van der Waals surface area contributed by atoms with Crippen LogP contribution in [0.3, 0.4) is 0 Å². The highest BCUT2D eigenvalue weighted by Gasteiger charge is 2.15. The van der Waals surface area contributed by atoms with E-state index in [0.717, 1.165) is 6.42 Å². The van der Waals surface area contributed by atoms with Gasteiger partial charge in [-0.05, 0) is 30.7 Å². The summed E-state index contributed by atoms with van der Waals surface area (Å²) in [5, 5.41) is 12.2. The van der Waals surface area contributed by atoms with Gasteiger partial charge in [0, 0.05) is 17.3 Å². The molecular formula is C21H20N2O4. The summed E-state index contributed by atoms with van der Waals surface area (Å²) in [7, 11) is 0. The number of nitrogens with zero attached hydrogens (tertiary/aromatic N) is 1. The van der Waals surface area contributed by atoms with Crippen molar-refractivity contribution in [3.8, 4) is 23.3 Å². The Bertz CT molecular complexity index is 899. The van der Waals surface area contributed by atoms with Crippen molar-refractivity contribution in [2.24, 2.45) is 0 Å². The summed E-state index contributed by atoms with van der Waals surface area (Å²) in [6.45, 7) is 3.54. The number of ether oxygens (including phenoxy) is 3. The summed E-state index contributed by atoms with van der Waals surface area (Å²) in [5.41, 5.74) is 1.19. The van der Waals surface area contributed by atoms with Gasteiger partial charge in [0.25, 0.3) is 5.91 Å². The minimum absolute atomic E-state index is 0.0163. The number of hydrogen-bond donors (Lipinski definition) is 1. The summed E-state index contributed by atoms with van der Waals surface area (Å²) in [4.78, 5) is 12.5. The predicted octanol–water partition coefficient (Wildman–Crippen LogP) is 3.79. The minimum Gasteiger partial charge on any atom is -0.493 e. The Balaban J connectivity index is 1.79. The summed E-state index contributed by atoms with van der Waals surface area (Å²) in [6, 6.07) is 14.4. The average Bonchev–Trinajstić information content (AvgIpc) is 2.71. The maximum Gasteiger partial charge on any atom is 0.266 e. The summed E-state index contributed by atoms with van der Waals surface area (Å²) in [5.74, 6) is 1.34. The molecule has 0 aromatic heterocycles. The Morgan fingerprint density at radius 2 is 2.00 bits per heavy atom. The second kappa shape index (κ2) is 8.77. The third kappa shape index (κ3) is 4.59. The lowest BCUT2D eigenvalue weighted by molar-refractivity contribution is -0.112. The van der Waals surface area contributed by atoms with Gasteiger partial charge in [0.1, 0.15) is 30.6 Å². The Morgan fingerprint density at radius 1 is 1.22 bits per heavy atom. The van der Waals surface area contributed by atoms with Gasteiger partial charge in [-0.2, -0.15) is 5.26 Å².